The summed E-state index contributed by atoms with van der Waals surface area (Å²) in [6.45, 7) is -1.13. The highest BCUT2D eigenvalue weighted by atomic mass is 16.6. The van der Waals surface area contributed by atoms with Gasteiger partial charge in [0.2, 0.25) is 35.1 Å². The van der Waals surface area contributed by atoms with Gasteiger partial charge in [-0.05, 0) is 12.2 Å². The predicted molar refractivity (Wildman–Crippen MR) is 248 cm³/mol. The molecule has 9 atom stereocenters. The molecule has 0 aromatic heterocycles. The van der Waals surface area contributed by atoms with Crippen molar-refractivity contribution < 1.29 is 97.3 Å². The molecule has 2 rings (SSSR count). The average molecular weight is 1030 g/mol. The molecule has 30 heteroatoms. The van der Waals surface area contributed by atoms with Crippen LogP contribution < -0.4 is 38.9 Å². The molecular formula is C42H68N10O20. The minimum absolute atomic E-state index is 0.0388. The molecule has 2 aliphatic heterocycles. The van der Waals surface area contributed by atoms with Crippen molar-refractivity contribution in [3.63, 3.8) is 0 Å². The number of aliphatic carboxylic acids is 2. The molecule has 17 N–H and O–H groups in total. The molecule has 30 nitrogen and oxygen atoms in total. The van der Waals surface area contributed by atoms with E-state index >= 15 is 0 Å². The quantitative estimate of drug-likeness (QED) is 0.0120. The highest BCUT2D eigenvalue weighted by Gasteiger charge is 2.45. The number of aliphatic imine (C=N–C) groups is 2. The number of ether oxygens (including phenoxy) is 8. The second-order valence-corrected chi connectivity index (χ2v) is 15.5. The molecule has 0 radical (unpaired) electrons. The summed E-state index contributed by atoms with van der Waals surface area (Å²) >= 11 is 0. The molecule has 2 heterocycles. The SMILES string of the molecule is C#CCOCCOCCOCCOCCC(=O)N(CCNC(=O)CO[C@H]([C@H](O)CO)[C@H]1C[C@@H](N=C(N)N)C=C(C(=O)O)O1)CCNC(=O)CO[C@@H]([C@@H]1OC(C(=O)O)=C[C@H](N=C(N)N)[C@H]1NC(C)=O)[C@H](O)CO. The maximum absolute atomic E-state index is 13.4. The first-order valence-electron chi connectivity index (χ1n) is 22.4. The third-order valence-electron chi connectivity index (χ3n) is 9.97. The molecule has 0 spiro atoms. The normalized spacial score (nSPS) is 20.0. The Labute approximate surface area is 414 Å². The van der Waals surface area contributed by atoms with E-state index in [0.29, 0.717) is 19.8 Å². The van der Waals surface area contributed by atoms with Crippen LogP contribution in [0.3, 0.4) is 0 Å². The van der Waals surface area contributed by atoms with Crippen LogP contribution in [0.15, 0.2) is 33.7 Å². The molecule has 2 aliphatic rings. The van der Waals surface area contributed by atoms with Crippen LogP contribution >= 0.6 is 0 Å². The van der Waals surface area contributed by atoms with E-state index in [1.54, 1.807) is 0 Å². The molecule has 0 saturated carbocycles. The standard InChI is InChI=1S/C42H68N10O20/c1-3-9-65-11-13-67-15-16-68-14-12-66-10-4-34(60)52(7-5-47-32(58)22-69-36(27(56)20-53)29-17-25(50-41(43)44)18-30(71-29)39(61)62)8-6-48-33(59)23-70-37(28(57)21-54)38-35(49-24(2)55)26(51-42(45)46)19-31(72-38)40(63)64/h1,18-19,25-29,35-38,53-54,56-57H,4-17,20-23H2,2H3,(H,47,58)(H,48,59)(H,49,55)(H,61,62)(H,63,64)(H4,43,44,50)(H4,45,46,51)/t25-,26+,27-,28-,29-,35-,36-,37-,38-/m1/s1. The fraction of sp³-hybridized carbons (Fsp3) is 0.667. The van der Waals surface area contributed by atoms with Gasteiger partial charge in [-0.15, -0.1) is 6.42 Å². The molecule has 406 valence electrons. The largest absolute Gasteiger partial charge is 0.480 e. The van der Waals surface area contributed by atoms with Gasteiger partial charge in [0, 0.05) is 39.5 Å². The van der Waals surface area contributed by atoms with Crippen LogP contribution in [0, 0.1) is 12.3 Å². The Hall–Kier alpha value is -6.40. The lowest BCUT2D eigenvalue weighted by molar-refractivity contribution is -0.158. The molecule has 0 aromatic carbocycles. The van der Waals surface area contributed by atoms with Crippen molar-refractivity contribution >= 4 is 47.5 Å². The number of hydrogen-bond donors (Lipinski definition) is 13. The van der Waals surface area contributed by atoms with E-state index in [-0.39, 0.29) is 78.0 Å². The first-order chi connectivity index (χ1) is 34.3. The van der Waals surface area contributed by atoms with Crippen molar-refractivity contribution in [3.8, 4) is 12.3 Å². The van der Waals surface area contributed by atoms with Crippen LogP contribution in [0.1, 0.15) is 19.8 Å². The molecule has 0 bridgehead atoms. The van der Waals surface area contributed by atoms with Crippen LogP contribution in [-0.2, 0) is 66.7 Å². The number of aliphatic hydroxyl groups is 4. The van der Waals surface area contributed by atoms with Crippen LogP contribution in [-0.4, -0.2) is 243 Å². The monoisotopic (exact) mass is 1030 g/mol. The highest BCUT2D eigenvalue weighted by Crippen LogP contribution is 2.27. The number of hydrogen-bond acceptors (Lipinski definition) is 20. The fourth-order valence-electron chi connectivity index (χ4n) is 6.81. The Morgan fingerprint density at radius 2 is 1.26 bits per heavy atom. The van der Waals surface area contributed by atoms with Gasteiger partial charge in [0.05, 0.1) is 84.0 Å². The molecule has 0 saturated heterocycles. The van der Waals surface area contributed by atoms with Crippen molar-refractivity contribution in [2.75, 3.05) is 105 Å². The van der Waals surface area contributed by atoms with Gasteiger partial charge in [-0.1, -0.05) is 5.92 Å². The predicted octanol–water partition coefficient (Wildman–Crippen LogP) is -7.47. The third-order valence-corrected chi connectivity index (χ3v) is 9.97. The zero-order valence-corrected chi connectivity index (χ0v) is 39.7. The summed E-state index contributed by atoms with van der Waals surface area (Å²) in [5.74, 6) is -5.44. The number of aliphatic hydroxyl groups excluding tert-OH is 4. The van der Waals surface area contributed by atoms with Crippen LogP contribution in [0.2, 0.25) is 0 Å². The minimum Gasteiger partial charge on any atom is -0.480 e. The summed E-state index contributed by atoms with van der Waals surface area (Å²) in [5, 5.41) is 67.7. The van der Waals surface area contributed by atoms with Gasteiger partial charge < -0.3 is 112 Å². The zero-order valence-electron chi connectivity index (χ0n) is 39.7. The summed E-state index contributed by atoms with van der Waals surface area (Å²) in [7, 11) is 0. The van der Waals surface area contributed by atoms with Crippen molar-refractivity contribution in [2.45, 2.75) is 74.5 Å². The number of nitrogens with one attached hydrogen (secondary N) is 3. The molecule has 0 fully saturated rings. The Morgan fingerprint density at radius 1 is 0.764 bits per heavy atom. The number of carbonyl (C=O) groups is 6. The highest BCUT2D eigenvalue weighted by molar-refractivity contribution is 5.86. The molecule has 72 heavy (non-hydrogen) atoms. The summed E-state index contributed by atoms with van der Waals surface area (Å²) in [6.07, 6.45) is -2.31. The molecule has 0 aliphatic carbocycles. The second-order valence-electron chi connectivity index (χ2n) is 15.5. The number of nitrogens with zero attached hydrogens (tertiary/aromatic N) is 3. The first kappa shape index (κ1) is 61.7. The number of carboxylic acids is 2. The number of rotatable bonds is 36. The molecule has 0 unspecified atom stereocenters. The van der Waals surface area contributed by atoms with Gasteiger partial charge in [0.1, 0.15) is 50.3 Å². The minimum atomic E-state index is -1.80. The van der Waals surface area contributed by atoms with Crippen molar-refractivity contribution in [2.24, 2.45) is 32.9 Å². The Morgan fingerprint density at radius 3 is 1.76 bits per heavy atom. The van der Waals surface area contributed by atoms with Gasteiger partial charge in [-0.25, -0.2) is 19.6 Å². The lowest BCUT2D eigenvalue weighted by Crippen LogP contribution is -2.60. The lowest BCUT2D eigenvalue weighted by Gasteiger charge is -2.40. The summed E-state index contributed by atoms with van der Waals surface area (Å²) < 4.78 is 43.7. The van der Waals surface area contributed by atoms with Gasteiger partial charge in [0.25, 0.3) is 0 Å². The van der Waals surface area contributed by atoms with E-state index < -0.39 is 134 Å². The van der Waals surface area contributed by atoms with E-state index in [1.807, 2.05) is 0 Å². The van der Waals surface area contributed by atoms with Crippen molar-refractivity contribution in [1.29, 1.82) is 0 Å². The Bertz CT molecular complexity index is 1910. The number of carboxylic acid groups (broad SMARTS) is 2. The van der Waals surface area contributed by atoms with Crippen LogP contribution in [0.5, 0.6) is 0 Å². The van der Waals surface area contributed by atoms with Gasteiger partial charge >= 0.3 is 11.9 Å². The topological polar surface area (TPSA) is 466 Å². The van der Waals surface area contributed by atoms with E-state index in [4.69, 9.17) is 67.3 Å². The number of nitrogens with two attached hydrogens (primary N) is 4. The summed E-state index contributed by atoms with van der Waals surface area (Å²) in [5.41, 5.74) is 22.0. The lowest BCUT2D eigenvalue weighted by atomic mass is 9.92. The maximum atomic E-state index is 13.4. The molecule has 4 amide bonds. The number of guanidine groups is 2. The van der Waals surface area contributed by atoms with E-state index in [9.17, 15) is 59.4 Å². The summed E-state index contributed by atoms with van der Waals surface area (Å²) in [4.78, 5) is 84.5. The average Bonchev–Trinajstić information content (AvgIpc) is 3.32. The Balaban J connectivity index is 2.10. The third kappa shape index (κ3) is 23.7. The zero-order chi connectivity index (χ0) is 53.6. The van der Waals surface area contributed by atoms with Crippen LogP contribution in [0.4, 0.5) is 0 Å². The van der Waals surface area contributed by atoms with E-state index in [2.05, 4.69) is 31.9 Å². The van der Waals surface area contributed by atoms with Crippen molar-refractivity contribution in [3.05, 3.63) is 23.7 Å². The number of terminal acetylenes is 1. The molecule has 0 aromatic rings. The van der Waals surface area contributed by atoms with Crippen molar-refractivity contribution in [1.82, 2.24) is 20.9 Å². The molecular weight excluding hydrogens is 965 g/mol. The van der Waals surface area contributed by atoms with Gasteiger partial charge in [-0.2, -0.15) is 0 Å². The maximum Gasteiger partial charge on any atom is 0.370 e. The van der Waals surface area contributed by atoms with Gasteiger partial charge in [0.15, 0.2) is 18.0 Å². The number of amides is 4. The van der Waals surface area contributed by atoms with E-state index in [1.165, 1.54) is 4.90 Å². The summed E-state index contributed by atoms with van der Waals surface area (Å²) in [6, 6.07) is -3.42. The fourth-order valence-corrected chi connectivity index (χ4v) is 6.81. The van der Waals surface area contributed by atoms with Crippen LogP contribution in [0.25, 0.3) is 0 Å². The van der Waals surface area contributed by atoms with E-state index in [0.717, 1.165) is 19.1 Å². The smallest absolute Gasteiger partial charge is 0.370 e. The second kappa shape index (κ2) is 34.1. The first-order valence-corrected chi connectivity index (χ1v) is 22.4. The number of carbonyl (C=O) groups excluding carboxylic acids is 4. The van der Waals surface area contributed by atoms with Gasteiger partial charge in [-0.3, -0.25) is 19.2 Å². The Kier molecular flexibility index (Phi) is 29.2.